The number of sulfone groups is 1. The third-order valence-corrected chi connectivity index (χ3v) is 11.7. The number of piperidine rings is 2. The predicted octanol–water partition coefficient (Wildman–Crippen LogP) is 5.57. The average molecular weight is 694 g/mol. The molecule has 2 aromatic carbocycles. The molecule has 3 aromatic rings. The van der Waals surface area contributed by atoms with E-state index in [4.69, 9.17) is 4.74 Å². The normalized spacial score (nSPS) is 20.0. The van der Waals surface area contributed by atoms with E-state index in [0.717, 1.165) is 70.8 Å². The van der Waals surface area contributed by atoms with E-state index < -0.39 is 27.8 Å². The number of nitrogens with zero attached hydrogens (tertiary/aromatic N) is 5. The fraction of sp³-hybridized carbons (Fsp3) is 0.559. The Hall–Kier alpha value is -3.20. The summed E-state index contributed by atoms with van der Waals surface area (Å²) in [5.41, 5.74) is 0.558. The summed E-state index contributed by atoms with van der Waals surface area (Å²) in [6.07, 6.45) is 0.206. The molecule has 14 heteroatoms. The second-order valence-corrected chi connectivity index (χ2v) is 14.6. The van der Waals surface area contributed by atoms with Gasteiger partial charge >= 0.3 is 6.36 Å². The summed E-state index contributed by atoms with van der Waals surface area (Å²) in [7, 11) is -4.35. The number of rotatable bonds is 9. The Labute approximate surface area is 279 Å². The predicted molar refractivity (Wildman–Crippen MR) is 175 cm³/mol. The van der Waals surface area contributed by atoms with E-state index in [1.54, 1.807) is 6.92 Å². The molecule has 3 saturated heterocycles. The van der Waals surface area contributed by atoms with Gasteiger partial charge in [0.05, 0.1) is 22.7 Å². The van der Waals surface area contributed by atoms with Gasteiger partial charge in [-0.25, -0.2) is 12.8 Å². The largest absolute Gasteiger partial charge is 0.573 e. The van der Waals surface area contributed by atoms with Crippen LogP contribution in [0.25, 0.3) is 10.9 Å². The van der Waals surface area contributed by atoms with E-state index in [0.29, 0.717) is 30.7 Å². The van der Waals surface area contributed by atoms with Gasteiger partial charge in [0.1, 0.15) is 10.6 Å². The molecule has 0 saturated carbocycles. The lowest BCUT2D eigenvalue weighted by atomic mass is 9.99. The minimum Gasteiger partial charge on any atom is -0.491 e. The number of likely N-dealkylation sites (tertiary alicyclic amines) is 1. The van der Waals surface area contributed by atoms with E-state index in [2.05, 4.69) is 31.3 Å². The lowest BCUT2D eigenvalue weighted by molar-refractivity contribution is -0.274. The third-order valence-electron chi connectivity index (χ3n) is 9.98. The van der Waals surface area contributed by atoms with E-state index in [1.807, 2.05) is 4.90 Å². The molecular weight excluding hydrogens is 650 g/mol. The molecule has 1 aromatic heterocycles. The van der Waals surface area contributed by atoms with Crippen LogP contribution in [0, 0.1) is 5.82 Å². The van der Waals surface area contributed by atoms with Gasteiger partial charge in [0.25, 0.3) is 0 Å². The van der Waals surface area contributed by atoms with Crippen LogP contribution in [0.3, 0.4) is 0 Å². The molecule has 0 amide bonds. The number of hydrogen-bond donors (Lipinski definition) is 0. The second-order valence-electron chi connectivity index (χ2n) is 12.7. The highest BCUT2D eigenvalue weighted by Crippen LogP contribution is 2.40. The van der Waals surface area contributed by atoms with E-state index >= 15 is 0 Å². The van der Waals surface area contributed by atoms with E-state index in [1.165, 1.54) is 43.3 Å². The van der Waals surface area contributed by atoms with Crippen molar-refractivity contribution in [3.05, 3.63) is 48.4 Å². The Morgan fingerprint density at radius 2 is 1.48 bits per heavy atom. The van der Waals surface area contributed by atoms with Gasteiger partial charge in [-0.15, -0.1) is 13.2 Å². The quantitative estimate of drug-likeness (QED) is 0.267. The number of anilines is 1. The van der Waals surface area contributed by atoms with Gasteiger partial charge in [0.15, 0.2) is 11.6 Å². The molecule has 48 heavy (non-hydrogen) atoms. The van der Waals surface area contributed by atoms with Crippen LogP contribution in [0.15, 0.2) is 52.4 Å². The first-order valence-corrected chi connectivity index (χ1v) is 18.3. The molecule has 262 valence electrons. The van der Waals surface area contributed by atoms with Gasteiger partial charge in [-0.2, -0.15) is 0 Å². The summed E-state index contributed by atoms with van der Waals surface area (Å²) < 4.78 is 92.0. The molecule has 0 N–H and O–H groups in total. The third kappa shape index (κ3) is 7.51. The molecule has 0 aliphatic carbocycles. The topological polar surface area (TPSA) is 78.4 Å². The van der Waals surface area contributed by atoms with E-state index in [-0.39, 0.29) is 33.2 Å². The number of piperazine rings is 1. The first kappa shape index (κ1) is 34.7. The lowest BCUT2D eigenvalue weighted by Gasteiger charge is -2.46. The maximum Gasteiger partial charge on any atom is 0.573 e. The SMILES string of the molecule is CCOc1ccc(S(=O)(=O)c2cnc3ccc(OC(F)(F)F)cc3c2N2CCC(N3CCN(C4CCN(CC)CC4)CC3)CC2)cc1F. The Morgan fingerprint density at radius 1 is 0.854 bits per heavy atom. The lowest BCUT2D eigenvalue weighted by Crippen LogP contribution is -2.56. The van der Waals surface area contributed by atoms with Crippen LogP contribution in [0.1, 0.15) is 39.5 Å². The minimum absolute atomic E-state index is 0.0768. The van der Waals surface area contributed by atoms with Gasteiger partial charge in [-0.3, -0.25) is 14.8 Å². The molecule has 3 aliphatic heterocycles. The van der Waals surface area contributed by atoms with Gasteiger partial charge < -0.3 is 19.3 Å². The fourth-order valence-corrected chi connectivity index (χ4v) is 8.88. The Morgan fingerprint density at radius 3 is 2.04 bits per heavy atom. The zero-order chi connectivity index (χ0) is 34.1. The summed E-state index contributed by atoms with van der Waals surface area (Å²) in [4.78, 5) is 13.4. The van der Waals surface area contributed by atoms with Crippen molar-refractivity contribution in [2.45, 2.75) is 67.8 Å². The number of hydrogen-bond acceptors (Lipinski definition) is 9. The van der Waals surface area contributed by atoms with Crippen molar-refractivity contribution in [3.8, 4) is 11.5 Å². The monoisotopic (exact) mass is 693 g/mol. The molecule has 4 heterocycles. The maximum atomic E-state index is 14.8. The van der Waals surface area contributed by atoms with Gasteiger partial charge in [-0.1, -0.05) is 6.92 Å². The molecule has 3 aliphatic rings. The standard InChI is InChI=1S/C34H43F4N5O4S/c1-3-40-13-9-24(10-14-40)41-17-19-42(20-18-41)25-11-15-43(16-12-25)33-28-21-26(47-34(36,37)38)5-7-30(28)39-23-32(33)48(44,45)27-6-8-31(46-4-2)29(35)22-27/h5-8,21-25H,3-4,9-20H2,1-2H3. The zero-order valence-electron chi connectivity index (χ0n) is 27.4. The first-order chi connectivity index (χ1) is 23.0. The number of halogens is 4. The number of alkyl halides is 3. The van der Waals surface area contributed by atoms with Crippen LogP contribution in [0.4, 0.5) is 23.2 Å². The Balaban J connectivity index is 1.25. The highest BCUT2D eigenvalue weighted by molar-refractivity contribution is 7.91. The summed E-state index contributed by atoms with van der Waals surface area (Å²) in [5, 5.41) is 0.213. The molecule has 0 radical (unpaired) electrons. The van der Waals surface area contributed by atoms with Gasteiger partial charge in [0, 0.05) is 62.9 Å². The molecule has 0 spiro atoms. The van der Waals surface area contributed by atoms with Gasteiger partial charge in [-0.05, 0) is 88.6 Å². The molecular formula is C34H43F4N5O4S. The number of aromatic nitrogens is 1. The first-order valence-electron chi connectivity index (χ1n) is 16.8. The van der Waals surface area contributed by atoms with Crippen LogP contribution in [-0.2, 0) is 9.84 Å². The fourth-order valence-electron chi connectivity index (χ4n) is 7.43. The minimum atomic E-state index is -4.93. The second kappa shape index (κ2) is 14.3. The average Bonchev–Trinajstić information content (AvgIpc) is 3.08. The smallest absolute Gasteiger partial charge is 0.491 e. The molecule has 3 fully saturated rings. The molecule has 6 rings (SSSR count). The van der Waals surface area contributed by atoms with Crippen molar-refractivity contribution in [1.29, 1.82) is 0 Å². The van der Waals surface area contributed by atoms with Crippen LogP contribution < -0.4 is 14.4 Å². The van der Waals surface area contributed by atoms with Crippen LogP contribution in [0.5, 0.6) is 11.5 Å². The highest BCUT2D eigenvalue weighted by Gasteiger charge is 2.35. The highest BCUT2D eigenvalue weighted by atomic mass is 32.2. The molecule has 0 atom stereocenters. The van der Waals surface area contributed by atoms with Crippen LogP contribution in [0.2, 0.25) is 0 Å². The van der Waals surface area contributed by atoms with Crippen molar-refractivity contribution in [2.24, 2.45) is 0 Å². The Bertz CT molecular complexity index is 1680. The van der Waals surface area contributed by atoms with Crippen molar-refractivity contribution < 1.29 is 35.5 Å². The molecule has 9 nitrogen and oxygen atoms in total. The molecule has 0 bridgehead atoms. The number of ether oxygens (including phenoxy) is 2. The summed E-state index contributed by atoms with van der Waals surface area (Å²) in [6, 6.07) is 8.08. The summed E-state index contributed by atoms with van der Waals surface area (Å²) in [5.74, 6) is -1.39. The summed E-state index contributed by atoms with van der Waals surface area (Å²) >= 11 is 0. The van der Waals surface area contributed by atoms with Crippen molar-refractivity contribution in [2.75, 3.05) is 70.4 Å². The maximum absolute atomic E-state index is 14.8. The van der Waals surface area contributed by atoms with E-state index in [9.17, 15) is 26.0 Å². The van der Waals surface area contributed by atoms with Crippen LogP contribution in [-0.4, -0.2) is 112 Å². The number of pyridine rings is 1. The van der Waals surface area contributed by atoms with Crippen LogP contribution >= 0.6 is 0 Å². The van der Waals surface area contributed by atoms with Gasteiger partial charge in [0.2, 0.25) is 9.84 Å². The van der Waals surface area contributed by atoms with Crippen molar-refractivity contribution in [3.63, 3.8) is 0 Å². The van der Waals surface area contributed by atoms with Crippen molar-refractivity contribution >= 4 is 26.4 Å². The number of benzene rings is 2. The Kier molecular flexibility index (Phi) is 10.4. The zero-order valence-corrected chi connectivity index (χ0v) is 28.2. The van der Waals surface area contributed by atoms with Crippen molar-refractivity contribution in [1.82, 2.24) is 19.7 Å². The number of fused-ring (bicyclic) bond motifs is 1. The molecule has 0 unspecified atom stereocenters. The summed E-state index contributed by atoms with van der Waals surface area (Å²) in [6.45, 7) is 12.5.